The first-order valence-corrected chi connectivity index (χ1v) is 12.2. The molecular weight excluding hydrogens is 378 g/mol. The lowest BCUT2D eigenvalue weighted by Crippen LogP contribution is -2.40. The fourth-order valence-electron chi connectivity index (χ4n) is 2.47. The van der Waals surface area contributed by atoms with Gasteiger partial charge in [-0.3, -0.25) is 0 Å². The summed E-state index contributed by atoms with van der Waals surface area (Å²) in [5.41, 5.74) is 2.87. The molecule has 6 nitrogen and oxygen atoms in total. The Morgan fingerprint density at radius 1 is 1.19 bits per heavy atom. The molecule has 0 bridgehead atoms. The fourth-order valence-corrected chi connectivity index (χ4v) is 3.54. The number of aryl methyl sites for hydroxylation is 1. The number of imidazole rings is 1. The van der Waals surface area contributed by atoms with E-state index in [1.807, 2.05) is 25.2 Å². The molecule has 0 saturated heterocycles. The maximum atomic E-state index is 6.34. The molecule has 0 amide bonds. The summed E-state index contributed by atoms with van der Waals surface area (Å²) < 4.78 is 8.43. The molecular formula is C19H26ClN5OSi. The number of halogens is 1. The Bertz CT molecular complexity index is 964. The van der Waals surface area contributed by atoms with Crippen LogP contribution >= 0.6 is 11.6 Å². The quantitative estimate of drug-likeness (QED) is 0.463. The van der Waals surface area contributed by atoms with Gasteiger partial charge in [0.1, 0.15) is 11.6 Å². The molecule has 2 aromatic heterocycles. The van der Waals surface area contributed by atoms with Crippen LogP contribution in [-0.4, -0.2) is 27.8 Å². The summed E-state index contributed by atoms with van der Waals surface area (Å²) in [6.45, 7) is 11.8. The van der Waals surface area contributed by atoms with E-state index in [1.54, 1.807) is 12.3 Å². The van der Waals surface area contributed by atoms with E-state index in [2.05, 4.69) is 53.7 Å². The molecule has 0 aliphatic carbocycles. The maximum absolute atomic E-state index is 6.34. The van der Waals surface area contributed by atoms with Gasteiger partial charge in [-0.25, -0.2) is 15.0 Å². The molecule has 1 N–H and O–H groups in total. The standard InChI is InChI=1S/C19H26ClN5OSi/c1-19(2,3)27(5,6)26-12-17-23-14-11-13(7-8-15(14)25(17)4)22-16-9-10-21-18(20)24-16/h7-11H,12H2,1-6H3,(H,21,22,24). The van der Waals surface area contributed by atoms with Gasteiger partial charge in [0.25, 0.3) is 0 Å². The highest BCUT2D eigenvalue weighted by atomic mass is 35.5. The summed E-state index contributed by atoms with van der Waals surface area (Å²) in [5.74, 6) is 1.57. The Balaban J connectivity index is 1.82. The maximum Gasteiger partial charge on any atom is 0.224 e. The number of anilines is 2. The summed E-state index contributed by atoms with van der Waals surface area (Å²) in [6.07, 6.45) is 1.62. The number of hydrogen-bond acceptors (Lipinski definition) is 5. The molecule has 0 saturated carbocycles. The van der Waals surface area contributed by atoms with Crippen LogP contribution in [0.5, 0.6) is 0 Å². The van der Waals surface area contributed by atoms with Gasteiger partial charge in [0, 0.05) is 18.9 Å². The van der Waals surface area contributed by atoms with Gasteiger partial charge >= 0.3 is 0 Å². The molecule has 0 aliphatic heterocycles. The second-order valence-corrected chi connectivity index (χ2v) is 13.3. The summed E-state index contributed by atoms with van der Waals surface area (Å²) in [4.78, 5) is 12.8. The Labute approximate surface area is 166 Å². The minimum Gasteiger partial charge on any atom is -0.409 e. The lowest BCUT2D eigenvalue weighted by molar-refractivity contribution is 0.264. The smallest absolute Gasteiger partial charge is 0.224 e. The molecule has 0 spiro atoms. The van der Waals surface area contributed by atoms with E-state index in [-0.39, 0.29) is 10.3 Å². The molecule has 27 heavy (non-hydrogen) atoms. The summed E-state index contributed by atoms with van der Waals surface area (Å²) in [7, 11) is 0.206. The van der Waals surface area contributed by atoms with E-state index < -0.39 is 8.32 Å². The Kier molecular flexibility index (Phi) is 5.29. The molecule has 1 aromatic carbocycles. The van der Waals surface area contributed by atoms with Gasteiger partial charge in [-0.1, -0.05) is 20.8 Å². The molecule has 0 unspecified atom stereocenters. The Morgan fingerprint density at radius 3 is 2.59 bits per heavy atom. The highest BCUT2D eigenvalue weighted by Crippen LogP contribution is 2.37. The van der Waals surface area contributed by atoms with Crippen molar-refractivity contribution in [2.75, 3.05) is 5.32 Å². The predicted molar refractivity (Wildman–Crippen MR) is 113 cm³/mol. The number of rotatable bonds is 5. The predicted octanol–water partition coefficient (Wildman–Crippen LogP) is 5.28. The van der Waals surface area contributed by atoms with Crippen molar-refractivity contribution < 1.29 is 4.43 Å². The summed E-state index contributed by atoms with van der Waals surface area (Å²) in [5, 5.41) is 3.62. The highest BCUT2D eigenvalue weighted by molar-refractivity contribution is 6.74. The number of hydrogen-bond donors (Lipinski definition) is 1. The minimum atomic E-state index is -1.82. The first-order valence-electron chi connectivity index (χ1n) is 8.92. The molecule has 0 atom stereocenters. The molecule has 8 heteroatoms. The average Bonchev–Trinajstić information content (AvgIpc) is 2.88. The molecule has 0 fully saturated rings. The van der Waals surface area contributed by atoms with Crippen molar-refractivity contribution in [3.63, 3.8) is 0 Å². The normalized spacial score (nSPS) is 12.6. The van der Waals surface area contributed by atoms with Gasteiger partial charge in [0.05, 0.1) is 17.6 Å². The molecule has 0 aliphatic rings. The van der Waals surface area contributed by atoms with E-state index in [4.69, 9.17) is 21.0 Å². The van der Waals surface area contributed by atoms with Crippen molar-refractivity contribution in [3.05, 3.63) is 41.6 Å². The second-order valence-electron chi connectivity index (χ2n) is 8.18. The lowest BCUT2D eigenvalue weighted by atomic mass is 10.2. The van der Waals surface area contributed by atoms with Crippen molar-refractivity contribution in [2.24, 2.45) is 7.05 Å². The molecule has 144 valence electrons. The van der Waals surface area contributed by atoms with Crippen LogP contribution in [0.25, 0.3) is 11.0 Å². The second kappa shape index (κ2) is 7.22. The average molecular weight is 404 g/mol. The monoisotopic (exact) mass is 403 g/mol. The first kappa shape index (κ1) is 19.8. The Hall–Kier alpha value is -1.96. The molecule has 2 heterocycles. The fraction of sp³-hybridized carbons (Fsp3) is 0.421. The van der Waals surface area contributed by atoms with Crippen molar-refractivity contribution in [1.29, 1.82) is 0 Å². The first-order chi connectivity index (χ1) is 12.6. The zero-order valence-corrected chi connectivity index (χ0v) is 18.4. The van der Waals surface area contributed by atoms with E-state index in [0.29, 0.717) is 12.4 Å². The third-order valence-corrected chi connectivity index (χ3v) is 9.90. The zero-order valence-electron chi connectivity index (χ0n) is 16.7. The van der Waals surface area contributed by atoms with Crippen LogP contribution in [0.2, 0.25) is 23.4 Å². The van der Waals surface area contributed by atoms with E-state index in [9.17, 15) is 0 Å². The number of fused-ring (bicyclic) bond motifs is 1. The van der Waals surface area contributed by atoms with E-state index in [0.717, 1.165) is 22.5 Å². The number of aromatic nitrogens is 4. The SMILES string of the molecule is Cn1c(CO[Si](C)(C)C(C)(C)C)nc2cc(Nc3ccnc(Cl)n3)ccc21. The van der Waals surface area contributed by atoms with Gasteiger partial charge in [0.15, 0.2) is 8.32 Å². The van der Waals surface area contributed by atoms with Gasteiger partial charge in [-0.05, 0) is 54.0 Å². The van der Waals surface area contributed by atoms with Crippen LogP contribution in [0.4, 0.5) is 11.5 Å². The van der Waals surface area contributed by atoms with Crippen LogP contribution in [0.15, 0.2) is 30.5 Å². The summed E-state index contributed by atoms with van der Waals surface area (Å²) in [6, 6.07) is 7.82. The van der Waals surface area contributed by atoms with E-state index >= 15 is 0 Å². The highest BCUT2D eigenvalue weighted by Gasteiger charge is 2.37. The van der Waals surface area contributed by atoms with Gasteiger partial charge in [-0.15, -0.1) is 0 Å². The third-order valence-electron chi connectivity index (χ3n) is 5.24. The third kappa shape index (κ3) is 4.31. The topological polar surface area (TPSA) is 64.9 Å². The van der Waals surface area contributed by atoms with Crippen LogP contribution < -0.4 is 5.32 Å². The summed E-state index contributed by atoms with van der Waals surface area (Å²) >= 11 is 5.85. The van der Waals surface area contributed by atoms with Crippen molar-refractivity contribution in [2.45, 2.75) is 45.5 Å². The number of nitrogens with zero attached hydrogens (tertiary/aromatic N) is 4. The molecule has 0 radical (unpaired) electrons. The largest absolute Gasteiger partial charge is 0.409 e. The number of nitrogens with one attached hydrogen (secondary N) is 1. The van der Waals surface area contributed by atoms with Crippen molar-refractivity contribution >= 4 is 42.5 Å². The minimum absolute atomic E-state index is 0.174. The zero-order chi connectivity index (χ0) is 19.8. The van der Waals surface area contributed by atoms with Crippen LogP contribution in [-0.2, 0) is 18.1 Å². The van der Waals surface area contributed by atoms with Crippen molar-refractivity contribution in [1.82, 2.24) is 19.5 Å². The van der Waals surface area contributed by atoms with Crippen LogP contribution in [0.3, 0.4) is 0 Å². The number of benzene rings is 1. The van der Waals surface area contributed by atoms with E-state index in [1.165, 1.54) is 0 Å². The van der Waals surface area contributed by atoms with Crippen molar-refractivity contribution in [3.8, 4) is 0 Å². The van der Waals surface area contributed by atoms with Gasteiger partial charge < -0.3 is 14.3 Å². The Morgan fingerprint density at radius 2 is 1.93 bits per heavy atom. The van der Waals surface area contributed by atoms with Gasteiger partial charge in [0.2, 0.25) is 5.28 Å². The van der Waals surface area contributed by atoms with Gasteiger partial charge in [-0.2, -0.15) is 0 Å². The van der Waals surface area contributed by atoms with Crippen LogP contribution in [0, 0.1) is 0 Å². The lowest BCUT2D eigenvalue weighted by Gasteiger charge is -2.35. The molecule has 3 aromatic rings. The van der Waals surface area contributed by atoms with Crippen LogP contribution in [0.1, 0.15) is 26.6 Å². The molecule has 3 rings (SSSR count).